The molecule has 0 aromatic heterocycles. The molecular weight excluding hydrogens is 306 g/mol. The zero-order valence-corrected chi connectivity index (χ0v) is 13.7. The summed E-state index contributed by atoms with van der Waals surface area (Å²) in [6, 6.07) is 7.90. The van der Waals surface area contributed by atoms with Crippen LogP contribution >= 0.6 is 23.4 Å². The second-order valence-electron chi connectivity index (χ2n) is 5.41. The molecule has 1 saturated heterocycles. The summed E-state index contributed by atoms with van der Waals surface area (Å²) in [5.74, 6) is 0.868. The van der Waals surface area contributed by atoms with Gasteiger partial charge in [-0.3, -0.25) is 14.7 Å². The molecule has 0 bridgehead atoms. The molecule has 0 N–H and O–H groups in total. The number of aliphatic imine (C=N–C) groups is 1. The monoisotopic (exact) mass is 323 g/mol. The van der Waals surface area contributed by atoms with Crippen molar-refractivity contribution in [2.75, 3.05) is 17.7 Å². The van der Waals surface area contributed by atoms with Gasteiger partial charge in [-0.25, -0.2) is 0 Å². The van der Waals surface area contributed by atoms with Crippen LogP contribution < -0.4 is 4.90 Å². The Morgan fingerprint density at radius 3 is 2.62 bits per heavy atom. The molecule has 2 fully saturated rings. The number of carbonyl (C=O) groups excluding carboxylic acids is 1. The number of halogens is 1. The molecule has 1 heterocycles. The lowest BCUT2D eigenvalue weighted by atomic mass is 10.2. The maximum Gasteiger partial charge on any atom is 0.225 e. The van der Waals surface area contributed by atoms with Crippen LogP contribution in [0, 0.1) is 0 Å². The highest BCUT2D eigenvalue weighted by molar-refractivity contribution is 8.14. The van der Waals surface area contributed by atoms with E-state index in [1.807, 2.05) is 36.2 Å². The topological polar surface area (TPSA) is 35.9 Å². The first-order valence-corrected chi connectivity index (χ1v) is 8.41. The Bertz CT molecular complexity index is 571. The van der Waals surface area contributed by atoms with Gasteiger partial charge >= 0.3 is 0 Å². The molecule has 1 unspecified atom stereocenters. The number of carbonyl (C=O) groups is 1. The third kappa shape index (κ3) is 3.19. The van der Waals surface area contributed by atoms with Crippen LogP contribution in [0.2, 0.25) is 5.02 Å². The van der Waals surface area contributed by atoms with Gasteiger partial charge in [0.25, 0.3) is 0 Å². The number of amides is 1. The van der Waals surface area contributed by atoms with E-state index in [1.54, 1.807) is 18.7 Å². The van der Waals surface area contributed by atoms with Crippen molar-refractivity contribution in [2.45, 2.75) is 32.0 Å². The standard InChI is InChI=1S/C15H18ClN3OS/c1-10(20)19(13-7-3-11(16)4-8-13)14-9-21-15(18(14)2)17-12-5-6-12/h3-4,7-8,12,14H,5-6,9H2,1-2H3. The molecule has 1 aliphatic heterocycles. The quantitative estimate of drug-likeness (QED) is 0.857. The number of hydrogen-bond donors (Lipinski definition) is 0. The highest BCUT2D eigenvalue weighted by atomic mass is 35.5. The van der Waals surface area contributed by atoms with E-state index in [9.17, 15) is 4.79 Å². The summed E-state index contributed by atoms with van der Waals surface area (Å²) >= 11 is 7.66. The smallest absolute Gasteiger partial charge is 0.225 e. The van der Waals surface area contributed by atoms with Crippen molar-refractivity contribution in [3.05, 3.63) is 29.3 Å². The predicted octanol–water partition coefficient (Wildman–Crippen LogP) is 3.22. The zero-order valence-electron chi connectivity index (χ0n) is 12.1. The van der Waals surface area contributed by atoms with Crippen LogP contribution in [0.25, 0.3) is 0 Å². The molecule has 1 aliphatic carbocycles. The van der Waals surface area contributed by atoms with Gasteiger partial charge in [0, 0.05) is 30.4 Å². The van der Waals surface area contributed by atoms with Crippen molar-refractivity contribution >= 4 is 40.1 Å². The molecule has 6 heteroatoms. The first kappa shape index (κ1) is 14.7. The van der Waals surface area contributed by atoms with Crippen molar-refractivity contribution in [2.24, 2.45) is 4.99 Å². The summed E-state index contributed by atoms with van der Waals surface area (Å²) in [6.45, 7) is 1.60. The van der Waals surface area contributed by atoms with Crippen molar-refractivity contribution in [3.8, 4) is 0 Å². The first-order chi connectivity index (χ1) is 10.1. The summed E-state index contributed by atoms with van der Waals surface area (Å²) in [7, 11) is 2.01. The van der Waals surface area contributed by atoms with Gasteiger partial charge < -0.3 is 4.90 Å². The van der Waals surface area contributed by atoms with E-state index in [0.29, 0.717) is 11.1 Å². The Morgan fingerprint density at radius 2 is 2.05 bits per heavy atom. The summed E-state index contributed by atoms with van der Waals surface area (Å²) < 4.78 is 0. The van der Waals surface area contributed by atoms with Gasteiger partial charge in [-0.2, -0.15) is 0 Å². The molecule has 1 aromatic rings. The average Bonchev–Trinajstić information content (AvgIpc) is 3.20. The third-order valence-electron chi connectivity index (χ3n) is 3.69. The van der Waals surface area contributed by atoms with Gasteiger partial charge in [0.2, 0.25) is 5.91 Å². The second-order valence-corrected chi connectivity index (χ2v) is 6.83. The van der Waals surface area contributed by atoms with Crippen LogP contribution in [0.1, 0.15) is 19.8 Å². The van der Waals surface area contributed by atoms with Crippen molar-refractivity contribution in [3.63, 3.8) is 0 Å². The predicted molar refractivity (Wildman–Crippen MR) is 89.1 cm³/mol. The Hall–Kier alpha value is -1.20. The molecule has 0 spiro atoms. The van der Waals surface area contributed by atoms with Gasteiger partial charge in [-0.05, 0) is 37.1 Å². The molecule has 0 radical (unpaired) electrons. The van der Waals surface area contributed by atoms with E-state index >= 15 is 0 Å². The molecule has 2 aliphatic rings. The highest BCUT2D eigenvalue weighted by Crippen LogP contribution is 2.32. The van der Waals surface area contributed by atoms with Gasteiger partial charge in [0.1, 0.15) is 6.17 Å². The molecular formula is C15H18ClN3OS. The summed E-state index contributed by atoms with van der Waals surface area (Å²) in [4.78, 5) is 20.8. The summed E-state index contributed by atoms with van der Waals surface area (Å²) in [5, 5.41) is 1.72. The van der Waals surface area contributed by atoms with Crippen LogP contribution in [0.3, 0.4) is 0 Å². The van der Waals surface area contributed by atoms with E-state index in [2.05, 4.69) is 4.90 Å². The minimum absolute atomic E-state index is 0.00572. The molecule has 21 heavy (non-hydrogen) atoms. The minimum atomic E-state index is 0.00572. The van der Waals surface area contributed by atoms with Gasteiger partial charge in [0.05, 0.1) is 6.04 Å². The lowest BCUT2D eigenvalue weighted by Crippen LogP contribution is -2.48. The fraction of sp³-hybridized carbons (Fsp3) is 0.467. The molecule has 1 atom stereocenters. The molecule has 1 saturated carbocycles. The fourth-order valence-electron chi connectivity index (χ4n) is 2.39. The molecule has 1 amide bonds. The first-order valence-electron chi connectivity index (χ1n) is 7.05. The zero-order chi connectivity index (χ0) is 15.0. The number of thioether (sulfide) groups is 1. The number of rotatable bonds is 3. The second kappa shape index (κ2) is 5.89. The summed E-state index contributed by atoms with van der Waals surface area (Å²) in [6.07, 6.45) is 2.39. The minimum Gasteiger partial charge on any atom is -0.333 e. The van der Waals surface area contributed by atoms with Gasteiger partial charge in [-0.1, -0.05) is 23.4 Å². The fourth-order valence-corrected chi connectivity index (χ4v) is 3.74. The van der Waals surface area contributed by atoms with Crippen LogP contribution in [0.15, 0.2) is 29.3 Å². The lowest BCUT2D eigenvalue weighted by molar-refractivity contribution is -0.117. The SMILES string of the molecule is CC(=O)N(c1ccc(Cl)cc1)C1CSC(=NC2CC2)N1C. The van der Waals surface area contributed by atoms with E-state index < -0.39 is 0 Å². The van der Waals surface area contributed by atoms with E-state index in [0.717, 1.165) is 16.6 Å². The number of benzene rings is 1. The van der Waals surface area contributed by atoms with Crippen LogP contribution in [0.5, 0.6) is 0 Å². The maximum absolute atomic E-state index is 12.1. The van der Waals surface area contributed by atoms with Gasteiger partial charge in [0.15, 0.2) is 5.17 Å². The number of amidine groups is 1. The largest absolute Gasteiger partial charge is 0.333 e. The van der Waals surface area contributed by atoms with E-state index in [-0.39, 0.29) is 12.1 Å². The molecule has 4 nitrogen and oxygen atoms in total. The van der Waals surface area contributed by atoms with E-state index in [1.165, 1.54) is 12.8 Å². The number of anilines is 1. The molecule has 112 valence electrons. The molecule has 3 rings (SSSR count). The van der Waals surface area contributed by atoms with Crippen molar-refractivity contribution in [1.82, 2.24) is 4.90 Å². The Morgan fingerprint density at radius 1 is 1.38 bits per heavy atom. The maximum atomic E-state index is 12.1. The highest BCUT2D eigenvalue weighted by Gasteiger charge is 2.35. The Balaban J connectivity index is 1.84. The van der Waals surface area contributed by atoms with Gasteiger partial charge in [-0.15, -0.1) is 0 Å². The Labute approximate surface area is 134 Å². The lowest BCUT2D eigenvalue weighted by Gasteiger charge is -2.32. The van der Waals surface area contributed by atoms with Crippen LogP contribution in [-0.2, 0) is 4.79 Å². The van der Waals surface area contributed by atoms with E-state index in [4.69, 9.17) is 16.6 Å². The number of hydrogen-bond acceptors (Lipinski definition) is 3. The third-order valence-corrected chi connectivity index (χ3v) is 5.06. The normalized spacial score (nSPS) is 23.7. The Kier molecular flexibility index (Phi) is 4.13. The van der Waals surface area contributed by atoms with Crippen molar-refractivity contribution in [1.29, 1.82) is 0 Å². The molecule has 1 aromatic carbocycles. The average molecular weight is 324 g/mol. The van der Waals surface area contributed by atoms with Crippen LogP contribution in [-0.4, -0.2) is 41.0 Å². The summed E-state index contributed by atoms with van der Waals surface area (Å²) in [5.41, 5.74) is 0.872. The number of nitrogens with zero attached hydrogens (tertiary/aromatic N) is 3. The van der Waals surface area contributed by atoms with Crippen molar-refractivity contribution < 1.29 is 4.79 Å². The van der Waals surface area contributed by atoms with Crippen LogP contribution in [0.4, 0.5) is 5.69 Å².